The Labute approximate surface area is 162 Å². The molecule has 1 unspecified atom stereocenters. The van der Waals surface area contributed by atoms with Crippen molar-refractivity contribution < 1.29 is 0 Å². The van der Waals surface area contributed by atoms with Crippen LogP contribution in [-0.2, 0) is 13.0 Å². The van der Waals surface area contributed by atoms with E-state index in [1.807, 2.05) is 48.8 Å². The molecular formula is C21H18ClN5. The summed E-state index contributed by atoms with van der Waals surface area (Å²) in [5.74, 6) is 2.19. The van der Waals surface area contributed by atoms with Gasteiger partial charge >= 0.3 is 0 Å². The molecule has 0 fully saturated rings. The molecule has 0 bridgehead atoms. The van der Waals surface area contributed by atoms with Crippen molar-refractivity contribution in [3.8, 4) is 17.5 Å². The number of halogens is 1. The first kappa shape index (κ1) is 17.3. The van der Waals surface area contributed by atoms with Crippen molar-refractivity contribution in [2.75, 3.05) is 0 Å². The van der Waals surface area contributed by atoms with Gasteiger partial charge in [0.25, 0.3) is 0 Å². The van der Waals surface area contributed by atoms with Crippen molar-refractivity contribution in [2.24, 2.45) is 5.92 Å². The van der Waals surface area contributed by atoms with Crippen molar-refractivity contribution in [3.63, 3.8) is 0 Å². The molecule has 4 aromatic rings. The van der Waals surface area contributed by atoms with E-state index < -0.39 is 0 Å². The first-order chi connectivity index (χ1) is 13.1. The second-order valence-corrected chi connectivity index (χ2v) is 7.19. The first-order valence-corrected chi connectivity index (χ1v) is 9.16. The minimum Gasteiger partial charge on any atom is -0.342 e. The molecule has 6 heteroatoms. The number of hydrogen-bond donors (Lipinski definition) is 1. The minimum absolute atomic E-state index is 0.355. The summed E-state index contributed by atoms with van der Waals surface area (Å²) in [6, 6.07) is 15.4. The van der Waals surface area contributed by atoms with Gasteiger partial charge in [-0.15, -0.1) is 0 Å². The minimum atomic E-state index is 0.355. The summed E-state index contributed by atoms with van der Waals surface area (Å²) in [4.78, 5) is 12.5. The van der Waals surface area contributed by atoms with Crippen LogP contribution in [0.15, 0.2) is 54.9 Å². The van der Waals surface area contributed by atoms with E-state index in [0.717, 1.165) is 41.2 Å². The third-order valence-electron chi connectivity index (χ3n) is 4.51. The smallest absolute Gasteiger partial charge is 0.139 e. The maximum Gasteiger partial charge on any atom is 0.139 e. The van der Waals surface area contributed by atoms with Crippen LogP contribution >= 0.6 is 11.6 Å². The lowest BCUT2D eigenvalue weighted by atomic mass is 10.1. The molecule has 0 saturated carbocycles. The number of benzene rings is 2. The summed E-state index contributed by atoms with van der Waals surface area (Å²) in [5, 5.41) is 9.73. The zero-order valence-electron chi connectivity index (χ0n) is 14.9. The van der Waals surface area contributed by atoms with Gasteiger partial charge in [0.15, 0.2) is 0 Å². The highest BCUT2D eigenvalue weighted by Crippen LogP contribution is 2.23. The van der Waals surface area contributed by atoms with Gasteiger partial charge in [0.2, 0.25) is 0 Å². The Morgan fingerprint density at radius 2 is 2.15 bits per heavy atom. The SMILES string of the molecule is CC(Cc1nc2ccc(C#N)cc2[nH]1)Cn1ccnc1-c1cccc(Cl)c1. The van der Waals surface area contributed by atoms with Gasteiger partial charge in [0, 0.05) is 35.9 Å². The fourth-order valence-electron chi connectivity index (χ4n) is 3.30. The quantitative estimate of drug-likeness (QED) is 0.543. The van der Waals surface area contributed by atoms with Gasteiger partial charge in [0.1, 0.15) is 11.6 Å². The van der Waals surface area contributed by atoms with Crippen molar-refractivity contribution in [1.82, 2.24) is 19.5 Å². The molecule has 0 aliphatic carbocycles. The number of nitrogens with one attached hydrogen (secondary N) is 1. The van der Waals surface area contributed by atoms with Gasteiger partial charge in [-0.2, -0.15) is 5.26 Å². The number of nitrogens with zero attached hydrogens (tertiary/aromatic N) is 4. The number of H-pyrrole nitrogens is 1. The molecule has 0 radical (unpaired) electrons. The van der Waals surface area contributed by atoms with E-state index in [1.54, 1.807) is 6.07 Å². The molecule has 1 atom stereocenters. The third-order valence-corrected chi connectivity index (χ3v) is 4.74. The molecule has 2 aromatic heterocycles. The summed E-state index contributed by atoms with van der Waals surface area (Å²) >= 11 is 6.12. The van der Waals surface area contributed by atoms with Crippen LogP contribution in [0.4, 0.5) is 0 Å². The van der Waals surface area contributed by atoms with Gasteiger partial charge < -0.3 is 9.55 Å². The van der Waals surface area contributed by atoms with Gasteiger partial charge in [-0.3, -0.25) is 0 Å². The number of nitriles is 1. The molecule has 4 rings (SSSR count). The average Bonchev–Trinajstić information content (AvgIpc) is 3.27. The van der Waals surface area contributed by atoms with Gasteiger partial charge in [-0.05, 0) is 36.2 Å². The predicted octanol–water partition coefficient (Wildman–Crippen LogP) is 4.83. The highest BCUT2D eigenvalue weighted by molar-refractivity contribution is 6.30. The summed E-state index contributed by atoms with van der Waals surface area (Å²) in [5.41, 5.74) is 3.43. The topological polar surface area (TPSA) is 70.3 Å². The lowest BCUT2D eigenvalue weighted by Gasteiger charge is -2.13. The standard InChI is InChI=1S/C21H18ClN5/c1-14(9-20-25-18-6-5-15(12-23)10-19(18)26-20)13-27-8-7-24-21(27)16-3-2-4-17(22)11-16/h2-8,10-11,14H,9,13H2,1H3,(H,25,26). The van der Waals surface area contributed by atoms with E-state index in [1.165, 1.54) is 0 Å². The number of fused-ring (bicyclic) bond motifs is 1. The Kier molecular flexibility index (Phi) is 4.66. The molecule has 5 nitrogen and oxygen atoms in total. The Morgan fingerprint density at radius 1 is 1.26 bits per heavy atom. The van der Waals surface area contributed by atoms with Crippen LogP contribution in [0.2, 0.25) is 5.02 Å². The Bertz CT molecular complexity index is 1130. The van der Waals surface area contributed by atoms with E-state index in [9.17, 15) is 0 Å². The largest absolute Gasteiger partial charge is 0.342 e. The van der Waals surface area contributed by atoms with E-state index in [2.05, 4.69) is 32.5 Å². The number of hydrogen-bond acceptors (Lipinski definition) is 3. The summed E-state index contributed by atoms with van der Waals surface area (Å²) in [6.45, 7) is 3.01. The fraction of sp³-hybridized carbons (Fsp3) is 0.190. The molecule has 1 N–H and O–H groups in total. The van der Waals surface area contributed by atoms with Crippen molar-refractivity contribution >= 4 is 22.6 Å². The molecule has 27 heavy (non-hydrogen) atoms. The van der Waals surface area contributed by atoms with E-state index in [0.29, 0.717) is 16.5 Å². The maximum absolute atomic E-state index is 9.03. The predicted molar refractivity (Wildman–Crippen MR) is 106 cm³/mol. The van der Waals surface area contributed by atoms with E-state index in [-0.39, 0.29) is 0 Å². The molecular weight excluding hydrogens is 358 g/mol. The normalized spacial score (nSPS) is 12.2. The lowest BCUT2D eigenvalue weighted by molar-refractivity contribution is 0.474. The van der Waals surface area contributed by atoms with Crippen LogP contribution in [0, 0.1) is 17.2 Å². The highest BCUT2D eigenvalue weighted by atomic mass is 35.5. The van der Waals surface area contributed by atoms with Gasteiger partial charge in [0.05, 0.1) is 22.7 Å². The molecule has 0 amide bonds. The molecule has 0 saturated heterocycles. The fourth-order valence-corrected chi connectivity index (χ4v) is 3.49. The zero-order valence-corrected chi connectivity index (χ0v) is 15.6. The maximum atomic E-state index is 9.03. The Hall–Kier alpha value is -3.10. The number of rotatable bonds is 5. The van der Waals surface area contributed by atoms with E-state index >= 15 is 0 Å². The van der Waals surface area contributed by atoms with Crippen LogP contribution in [0.1, 0.15) is 18.3 Å². The molecule has 2 heterocycles. The number of aromatic nitrogens is 4. The second-order valence-electron chi connectivity index (χ2n) is 6.75. The van der Waals surface area contributed by atoms with Gasteiger partial charge in [-0.1, -0.05) is 30.7 Å². The van der Waals surface area contributed by atoms with E-state index in [4.69, 9.17) is 16.9 Å². The van der Waals surface area contributed by atoms with Crippen molar-refractivity contribution in [1.29, 1.82) is 5.26 Å². The number of aromatic amines is 1. The summed E-state index contributed by atoms with van der Waals surface area (Å²) < 4.78 is 2.15. The second kappa shape index (κ2) is 7.26. The van der Waals surface area contributed by atoms with Crippen molar-refractivity contribution in [2.45, 2.75) is 19.9 Å². The van der Waals surface area contributed by atoms with Gasteiger partial charge in [-0.25, -0.2) is 9.97 Å². The Morgan fingerprint density at radius 3 is 2.96 bits per heavy atom. The Balaban J connectivity index is 1.51. The highest BCUT2D eigenvalue weighted by Gasteiger charge is 2.13. The van der Waals surface area contributed by atoms with Crippen LogP contribution in [0.3, 0.4) is 0 Å². The molecule has 0 aliphatic heterocycles. The number of imidazole rings is 2. The monoisotopic (exact) mass is 375 g/mol. The summed E-state index contributed by atoms with van der Waals surface area (Å²) in [7, 11) is 0. The average molecular weight is 376 g/mol. The molecule has 2 aromatic carbocycles. The summed E-state index contributed by atoms with van der Waals surface area (Å²) in [6.07, 6.45) is 4.61. The van der Waals surface area contributed by atoms with Crippen LogP contribution in [0.25, 0.3) is 22.4 Å². The van der Waals surface area contributed by atoms with Crippen LogP contribution in [-0.4, -0.2) is 19.5 Å². The first-order valence-electron chi connectivity index (χ1n) is 8.78. The van der Waals surface area contributed by atoms with Crippen molar-refractivity contribution in [3.05, 3.63) is 71.3 Å². The van der Waals surface area contributed by atoms with Crippen LogP contribution in [0.5, 0.6) is 0 Å². The molecule has 0 spiro atoms. The third kappa shape index (κ3) is 3.71. The molecule has 134 valence electrons. The lowest BCUT2D eigenvalue weighted by Crippen LogP contribution is -2.11. The van der Waals surface area contributed by atoms with Crippen LogP contribution < -0.4 is 0 Å². The molecule has 0 aliphatic rings. The zero-order chi connectivity index (χ0) is 18.8.